The molecule has 0 radical (unpaired) electrons. The van der Waals surface area contributed by atoms with Gasteiger partial charge in [-0.25, -0.2) is 0 Å². The molecule has 3 aromatic rings. The first-order chi connectivity index (χ1) is 13.7. The summed E-state index contributed by atoms with van der Waals surface area (Å²) in [4.78, 5) is 4.67. The zero-order valence-corrected chi connectivity index (χ0v) is 17.6. The maximum absolute atomic E-state index is 7.02. The average molecular weight is 389 g/mol. The molecule has 144 valence electrons. The van der Waals surface area contributed by atoms with Crippen molar-refractivity contribution in [1.82, 2.24) is 4.98 Å². The summed E-state index contributed by atoms with van der Waals surface area (Å²) in [7, 11) is -0.860. The van der Waals surface area contributed by atoms with Crippen LogP contribution in [0, 0.1) is 13.8 Å². The molecular weight excluding hydrogens is 361 g/mol. The number of rotatable bonds is 5. The van der Waals surface area contributed by atoms with E-state index in [1.165, 1.54) is 40.3 Å². The predicted molar refractivity (Wildman–Crippen MR) is 119 cm³/mol. The van der Waals surface area contributed by atoms with Crippen molar-refractivity contribution < 1.29 is 4.52 Å². The maximum atomic E-state index is 7.02. The first-order valence-corrected chi connectivity index (χ1v) is 11.5. The third-order valence-corrected chi connectivity index (χ3v) is 8.04. The van der Waals surface area contributed by atoms with Crippen molar-refractivity contribution in [2.24, 2.45) is 0 Å². The molecule has 4 rings (SSSR count). The molecule has 1 aliphatic rings. The minimum atomic E-state index is -0.860. The molecular formula is C25H28NOP. The summed E-state index contributed by atoms with van der Waals surface area (Å²) >= 11 is 0. The van der Waals surface area contributed by atoms with Gasteiger partial charge in [0.2, 0.25) is 0 Å². The van der Waals surface area contributed by atoms with Crippen LogP contribution in [-0.4, -0.2) is 11.1 Å². The molecule has 0 N–H and O–H groups in total. The largest absolute Gasteiger partial charge is 0.346 e. The third-order valence-electron chi connectivity index (χ3n) is 5.68. The molecule has 0 spiro atoms. The van der Waals surface area contributed by atoms with Crippen LogP contribution in [0.2, 0.25) is 0 Å². The van der Waals surface area contributed by atoms with Crippen LogP contribution in [0.4, 0.5) is 0 Å². The van der Waals surface area contributed by atoms with Crippen LogP contribution in [0.1, 0.15) is 48.4 Å². The molecule has 28 heavy (non-hydrogen) atoms. The van der Waals surface area contributed by atoms with Crippen molar-refractivity contribution in [1.29, 1.82) is 0 Å². The molecule has 0 amide bonds. The van der Waals surface area contributed by atoms with Crippen LogP contribution in [-0.2, 0) is 4.52 Å². The predicted octanol–water partition coefficient (Wildman–Crippen LogP) is 5.79. The first-order valence-electron chi connectivity index (χ1n) is 10.2. The fourth-order valence-electron chi connectivity index (χ4n) is 4.12. The molecule has 1 aromatic heterocycles. The maximum Gasteiger partial charge on any atom is 0.0927 e. The molecule has 2 aromatic carbocycles. The van der Waals surface area contributed by atoms with Gasteiger partial charge in [-0.3, -0.25) is 4.98 Å². The highest BCUT2D eigenvalue weighted by Crippen LogP contribution is 2.45. The molecule has 2 atom stereocenters. The number of hydrogen-bond acceptors (Lipinski definition) is 2. The number of benzene rings is 2. The van der Waals surface area contributed by atoms with Crippen molar-refractivity contribution in [3.05, 3.63) is 89.7 Å². The number of hydrogen-bond donors (Lipinski definition) is 0. The second kappa shape index (κ2) is 8.99. The number of aryl methyl sites for hydroxylation is 2. The van der Waals surface area contributed by atoms with E-state index in [4.69, 9.17) is 4.52 Å². The molecule has 0 unspecified atom stereocenters. The smallest absolute Gasteiger partial charge is 0.0927 e. The van der Waals surface area contributed by atoms with Crippen molar-refractivity contribution in [2.45, 2.75) is 51.6 Å². The highest BCUT2D eigenvalue weighted by atomic mass is 31.1. The standard InChI is InChI=1S/C25H28NOP/c1-19-11-3-7-16-24(19)28(25-17-8-4-12-20(25)2)27-23-15-6-5-13-21(23)22-14-9-10-18-26-22/h3-4,7-12,14,16-18,21,23H,5-6,13,15H2,1-2H3/t21-,23-/m0/s1. The number of aromatic nitrogens is 1. The van der Waals surface area contributed by atoms with Gasteiger partial charge in [-0.2, -0.15) is 0 Å². The van der Waals surface area contributed by atoms with Gasteiger partial charge in [0.15, 0.2) is 0 Å². The van der Waals surface area contributed by atoms with Gasteiger partial charge in [-0.05, 0) is 49.9 Å². The average Bonchev–Trinajstić information content (AvgIpc) is 2.74. The molecule has 0 aliphatic heterocycles. The molecule has 0 saturated heterocycles. The minimum absolute atomic E-state index is 0.217. The summed E-state index contributed by atoms with van der Waals surface area (Å²) in [6, 6.07) is 23.6. The number of nitrogens with zero attached hydrogens (tertiary/aromatic N) is 1. The second-order valence-electron chi connectivity index (χ2n) is 7.66. The van der Waals surface area contributed by atoms with Crippen LogP contribution in [0.15, 0.2) is 72.9 Å². The van der Waals surface area contributed by atoms with Gasteiger partial charge in [0.1, 0.15) is 0 Å². The Morgan fingerprint density at radius 1 is 0.786 bits per heavy atom. The Balaban J connectivity index is 1.71. The summed E-state index contributed by atoms with van der Waals surface area (Å²) in [5.74, 6) is 0.382. The van der Waals surface area contributed by atoms with E-state index in [9.17, 15) is 0 Å². The lowest BCUT2D eigenvalue weighted by Gasteiger charge is -2.35. The summed E-state index contributed by atoms with van der Waals surface area (Å²) in [6.07, 6.45) is 6.89. The van der Waals surface area contributed by atoms with Crippen LogP contribution in [0.25, 0.3) is 0 Å². The Bertz CT molecular complexity index is 866. The third kappa shape index (κ3) is 4.19. The quantitative estimate of drug-likeness (QED) is 0.515. The molecule has 1 heterocycles. The Labute approximate surface area is 169 Å². The van der Waals surface area contributed by atoms with Gasteiger partial charge >= 0.3 is 0 Å². The highest BCUT2D eigenvalue weighted by molar-refractivity contribution is 7.68. The van der Waals surface area contributed by atoms with Crippen molar-refractivity contribution in [2.75, 3.05) is 0 Å². The lowest BCUT2D eigenvalue weighted by atomic mass is 9.84. The normalized spacial score (nSPS) is 19.7. The molecule has 1 aliphatic carbocycles. The minimum Gasteiger partial charge on any atom is -0.346 e. The monoisotopic (exact) mass is 389 g/mol. The second-order valence-corrected chi connectivity index (χ2v) is 9.42. The zero-order chi connectivity index (χ0) is 19.3. The van der Waals surface area contributed by atoms with Crippen LogP contribution in [0.5, 0.6) is 0 Å². The molecule has 2 nitrogen and oxygen atoms in total. The Kier molecular flexibility index (Phi) is 6.20. The van der Waals surface area contributed by atoms with Crippen molar-refractivity contribution in [3.8, 4) is 0 Å². The van der Waals surface area contributed by atoms with Crippen LogP contribution in [0.3, 0.4) is 0 Å². The number of pyridine rings is 1. The Hall–Kier alpha value is -2.02. The van der Waals surface area contributed by atoms with Crippen molar-refractivity contribution >= 4 is 18.8 Å². The van der Waals surface area contributed by atoms with E-state index < -0.39 is 8.15 Å². The van der Waals surface area contributed by atoms with Gasteiger partial charge in [-0.15, -0.1) is 0 Å². The van der Waals surface area contributed by atoms with E-state index in [2.05, 4.69) is 79.5 Å². The van der Waals surface area contributed by atoms with Crippen LogP contribution >= 0.6 is 8.15 Å². The molecule has 1 saturated carbocycles. The lowest BCUT2D eigenvalue weighted by Crippen LogP contribution is -2.29. The van der Waals surface area contributed by atoms with Crippen LogP contribution < -0.4 is 10.6 Å². The summed E-state index contributed by atoms with van der Waals surface area (Å²) in [5, 5.41) is 2.66. The Morgan fingerprint density at radius 2 is 1.39 bits per heavy atom. The van der Waals surface area contributed by atoms with Gasteiger partial charge in [-0.1, -0.05) is 67.4 Å². The lowest BCUT2D eigenvalue weighted by molar-refractivity contribution is 0.148. The fourth-order valence-corrected chi connectivity index (χ4v) is 6.36. The topological polar surface area (TPSA) is 22.1 Å². The van der Waals surface area contributed by atoms with Gasteiger partial charge in [0, 0.05) is 28.4 Å². The SMILES string of the molecule is Cc1ccccc1P(O[C@H]1CCCC[C@H]1c1ccccn1)c1ccccc1C. The molecule has 0 bridgehead atoms. The van der Waals surface area contributed by atoms with E-state index in [0.29, 0.717) is 5.92 Å². The Morgan fingerprint density at radius 3 is 2.00 bits per heavy atom. The molecule has 1 fully saturated rings. The zero-order valence-electron chi connectivity index (χ0n) is 16.7. The van der Waals surface area contributed by atoms with Crippen molar-refractivity contribution in [3.63, 3.8) is 0 Å². The van der Waals surface area contributed by atoms with E-state index in [-0.39, 0.29) is 6.10 Å². The fraction of sp³-hybridized carbons (Fsp3) is 0.320. The molecule has 3 heteroatoms. The summed E-state index contributed by atoms with van der Waals surface area (Å²) in [5.41, 5.74) is 3.79. The van der Waals surface area contributed by atoms with Gasteiger partial charge in [0.05, 0.1) is 14.3 Å². The summed E-state index contributed by atoms with van der Waals surface area (Å²) in [6.45, 7) is 4.40. The van der Waals surface area contributed by atoms with E-state index in [1.807, 2.05) is 12.3 Å². The van der Waals surface area contributed by atoms with Gasteiger partial charge in [0.25, 0.3) is 0 Å². The van der Waals surface area contributed by atoms with E-state index >= 15 is 0 Å². The first kappa shape index (κ1) is 19.3. The summed E-state index contributed by atoms with van der Waals surface area (Å²) < 4.78 is 7.02. The highest BCUT2D eigenvalue weighted by Gasteiger charge is 2.32. The van der Waals surface area contributed by atoms with E-state index in [1.54, 1.807) is 0 Å². The van der Waals surface area contributed by atoms with E-state index in [0.717, 1.165) is 12.8 Å². The van der Waals surface area contributed by atoms with Gasteiger partial charge < -0.3 is 4.52 Å².